The summed E-state index contributed by atoms with van der Waals surface area (Å²) in [6.07, 6.45) is 3.21. The SMILES string of the molecule is CCCCC(NP(=O)(O)O)C(=O)NC(Cc1c[nH]c2ccccc12)C(=O)O. The topological polar surface area (TPSA) is 152 Å². The van der Waals surface area contributed by atoms with Crippen LogP contribution in [0.4, 0.5) is 0 Å². The first-order valence-electron chi connectivity index (χ1n) is 8.62. The van der Waals surface area contributed by atoms with E-state index in [4.69, 9.17) is 9.79 Å². The standard InChI is InChI=1S/C17H24N3O6P/c1-2-3-7-14(20-27(24,25)26)16(21)19-15(17(22)23)9-11-10-18-13-8-5-4-6-12(11)13/h4-6,8,10,14-15,18H,2-3,7,9H2,1H3,(H,19,21)(H,22,23)(H3,20,24,25,26). The van der Waals surface area contributed by atoms with Crippen molar-refractivity contribution >= 4 is 30.5 Å². The van der Waals surface area contributed by atoms with Crippen molar-refractivity contribution < 1.29 is 29.0 Å². The molecule has 1 amide bonds. The number of carboxylic acid groups (broad SMARTS) is 1. The number of nitrogens with one attached hydrogen (secondary N) is 3. The lowest BCUT2D eigenvalue weighted by molar-refractivity contribution is -0.142. The molecule has 2 atom stereocenters. The maximum absolute atomic E-state index is 12.4. The molecule has 6 N–H and O–H groups in total. The molecule has 0 saturated heterocycles. The van der Waals surface area contributed by atoms with Gasteiger partial charge in [-0.25, -0.2) is 14.4 Å². The van der Waals surface area contributed by atoms with Gasteiger partial charge in [0.15, 0.2) is 0 Å². The number of para-hydroxylation sites is 1. The first-order valence-corrected chi connectivity index (χ1v) is 10.2. The molecule has 2 rings (SSSR count). The highest BCUT2D eigenvalue weighted by atomic mass is 31.2. The molecular formula is C17H24N3O6P. The van der Waals surface area contributed by atoms with Crippen LogP contribution in [0.1, 0.15) is 31.7 Å². The van der Waals surface area contributed by atoms with Gasteiger partial charge in [-0.15, -0.1) is 0 Å². The quantitative estimate of drug-likeness (QED) is 0.333. The summed E-state index contributed by atoms with van der Waals surface area (Å²) in [5.74, 6) is -1.97. The molecule has 10 heteroatoms. The maximum Gasteiger partial charge on any atom is 0.401 e. The van der Waals surface area contributed by atoms with E-state index < -0.39 is 31.7 Å². The number of aromatic amines is 1. The first kappa shape index (κ1) is 21.1. The third kappa shape index (κ3) is 6.18. The van der Waals surface area contributed by atoms with E-state index in [0.717, 1.165) is 22.9 Å². The van der Waals surface area contributed by atoms with Crippen molar-refractivity contribution in [3.05, 3.63) is 36.0 Å². The molecule has 0 radical (unpaired) electrons. The third-order valence-electron chi connectivity index (χ3n) is 4.20. The average molecular weight is 397 g/mol. The molecule has 1 aromatic heterocycles. The minimum Gasteiger partial charge on any atom is -0.480 e. The number of rotatable bonds is 10. The van der Waals surface area contributed by atoms with E-state index in [9.17, 15) is 19.3 Å². The molecule has 0 aliphatic carbocycles. The molecule has 1 aromatic carbocycles. The van der Waals surface area contributed by atoms with E-state index >= 15 is 0 Å². The minimum atomic E-state index is -4.64. The van der Waals surface area contributed by atoms with E-state index in [0.29, 0.717) is 6.42 Å². The number of carbonyl (C=O) groups is 2. The fourth-order valence-electron chi connectivity index (χ4n) is 2.86. The van der Waals surface area contributed by atoms with Gasteiger partial charge < -0.3 is 25.2 Å². The molecule has 2 aromatic rings. The van der Waals surface area contributed by atoms with Crippen molar-refractivity contribution in [2.24, 2.45) is 0 Å². The number of H-pyrrole nitrogens is 1. The summed E-state index contributed by atoms with van der Waals surface area (Å²) in [7, 11) is -4.64. The number of amides is 1. The van der Waals surface area contributed by atoms with Crippen LogP contribution in [-0.2, 0) is 20.6 Å². The number of aromatic nitrogens is 1. The number of hydrogen-bond donors (Lipinski definition) is 6. The van der Waals surface area contributed by atoms with E-state index in [1.54, 1.807) is 6.20 Å². The Labute approximate surface area is 156 Å². The summed E-state index contributed by atoms with van der Waals surface area (Å²) >= 11 is 0. The molecule has 0 aliphatic rings. The highest BCUT2D eigenvalue weighted by Crippen LogP contribution is 2.30. The molecule has 0 aliphatic heterocycles. The second-order valence-electron chi connectivity index (χ2n) is 6.33. The number of benzene rings is 1. The highest BCUT2D eigenvalue weighted by molar-refractivity contribution is 7.49. The van der Waals surface area contributed by atoms with Crippen LogP contribution in [0.3, 0.4) is 0 Å². The van der Waals surface area contributed by atoms with Crippen LogP contribution < -0.4 is 10.4 Å². The fraction of sp³-hybridized carbons (Fsp3) is 0.412. The van der Waals surface area contributed by atoms with E-state index in [-0.39, 0.29) is 12.8 Å². The molecule has 0 fully saturated rings. The Bertz CT molecular complexity index is 846. The van der Waals surface area contributed by atoms with Gasteiger partial charge >= 0.3 is 13.7 Å². The van der Waals surface area contributed by atoms with Crippen molar-refractivity contribution in [2.45, 2.75) is 44.7 Å². The van der Waals surface area contributed by atoms with Crippen molar-refractivity contribution in [1.82, 2.24) is 15.4 Å². The molecular weight excluding hydrogens is 373 g/mol. The predicted octanol–water partition coefficient (Wildman–Crippen LogP) is 1.52. The number of carbonyl (C=O) groups excluding carboxylic acids is 1. The van der Waals surface area contributed by atoms with Gasteiger partial charge in [0.05, 0.1) is 6.04 Å². The van der Waals surface area contributed by atoms with Crippen molar-refractivity contribution in [3.8, 4) is 0 Å². The number of aliphatic carboxylic acids is 1. The van der Waals surface area contributed by atoms with Crippen LogP contribution in [0.15, 0.2) is 30.5 Å². The largest absolute Gasteiger partial charge is 0.480 e. The molecule has 0 saturated carbocycles. The Morgan fingerprint density at radius 2 is 1.93 bits per heavy atom. The van der Waals surface area contributed by atoms with Gasteiger partial charge in [0, 0.05) is 23.5 Å². The third-order valence-corrected chi connectivity index (χ3v) is 4.85. The zero-order valence-electron chi connectivity index (χ0n) is 14.9. The van der Waals surface area contributed by atoms with Crippen LogP contribution in [0.2, 0.25) is 0 Å². The van der Waals surface area contributed by atoms with E-state index in [2.05, 4.69) is 10.3 Å². The molecule has 27 heavy (non-hydrogen) atoms. The maximum atomic E-state index is 12.4. The van der Waals surface area contributed by atoms with Gasteiger partial charge in [0.25, 0.3) is 0 Å². The van der Waals surface area contributed by atoms with Gasteiger partial charge in [-0.1, -0.05) is 38.0 Å². The Morgan fingerprint density at radius 3 is 2.56 bits per heavy atom. The van der Waals surface area contributed by atoms with Crippen LogP contribution in [0.25, 0.3) is 10.9 Å². The van der Waals surface area contributed by atoms with Crippen LogP contribution in [0.5, 0.6) is 0 Å². The zero-order chi connectivity index (χ0) is 20.0. The van der Waals surface area contributed by atoms with Crippen LogP contribution in [-0.4, -0.2) is 43.8 Å². The number of unbranched alkanes of at least 4 members (excludes halogenated alkanes) is 1. The zero-order valence-corrected chi connectivity index (χ0v) is 15.8. The normalized spacial score (nSPS) is 14.0. The number of fused-ring (bicyclic) bond motifs is 1. The smallest absolute Gasteiger partial charge is 0.401 e. The van der Waals surface area contributed by atoms with E-state index in [1.165, 1.54) is 0 Å². The van der Waals surface area contributed by atoms with Crippen LogP contribution in [0, 0.1) is 0 Å². The molecule has 2 unspecified atom stereocenters. The lowest BCUT2D eigenvalue weighted by Crippen LogP contribution is -2.50. The second kappa shape index (κ2) is 9.14. The summed E-state index contributed by atoms with van der Waals surface area (Å²) in [6.45, 7) is 1.88. The van der Waals surface area contributed by atoms with Crippen molar-refractivity contribution in [1.29, 1.82) is 0 Å². The summed E-state index contributed by atoms with van der Waals surface area (Å²) in [4.78, 5) is 45.3. The Morgan fingerprint density at radius 1 is 1.22 bits per heavy atom. The molecule has 1 heterocycles. The summed E-state index contributed by atoms with van der Waals surface area (Å²) < 4.78 is 11.2. The second-order valence-corrected chi connectivity index (χ2v) is 7.68. The van der Waals surface area contributed by atoms with Gasteiger partial charge in [-0.2, -0.15) is 0 Å². The molecule has 148 valence electrons. The number of hydrogen-bond acceptors (Lipinski definition) is 3. The summed E-state index contributed by atoms with van der Waals surface area (Å²) in [5, 5.41) is 14.7. The molecule has 9 nitrogen and oxygen atoms in total. The Balaban J connectivity index is 2.14. The molecule has 0 bridgehead atoms. The predicted molar refractivity (Wildman–Crippen MR) is 100 cm³/mol. The fourth-order valence-corrected chi connectivity index (χ4v) is 3.51. The van der Waals surface area contributed by atoms with Gasteiger partial charge in [-0.05, 0) is 18.1 Å². The van der Waals surface area contributed by atoms with Gasteiger partial charge in [0.2, 0.25) is 5.91 Å². The summed E-state index contributed by atoms with van der Waals surface area (Å²) in [6, 6.07) is 5.00. The van der Waals surface area contributed by atoms with E-state index in [1.807, 2.05) is 36.3 Å². The first-order chi connectivity index (χ1) is 12.7. The van der Waals surface area contributed by atoms with Gasteiger partial charge in [0.1, 0.15) is 6.04 Å². The number of carboxylic acids is 1. The Kier molecular flexibility index (Phi) is 7.15. The molecule has 0 spiro atoms. The van der Waals surface area contributed by atoms with Crippen molar-refractivity contribution in [2.75, 3.05) is 0 Å². The lowest BCUT2D eigenvalue weighted by Gasteiger charge is -2.21. The Hall–Kier alpha value is -2.19. The van der Waals surface area contributed by atoms with Gasteiger partial charge in [-0.3, -0.25) is 4.79 Å². The monoisotopic (exact) mass is 397 g/mol. The average Bonchev–Trinajstić information content (AvgIpc) is 3.00. The highest BCUT2D eigenvalue weighted by Gasteiger charge is 2.29. The minimum absolute atomic E-state index is 0.0431. The van der Waals surface area contributed by atoms with Crippen LogP contribution >= 0.6 is 7.75 Å². The summed E-state index contributed by atoms with van der Waals surface area (Å²) in [5.41, 5.74) is 1.58. The lowest BCUT2D eigenvalue weighted by atomic mass is 10.0. The van der Waals surface area contributed by atoms with Crippen molar-refractivity contribution in [3.63, 3.8) is 0 Å².